The lowest BCUT2D eigenvalue weighted by Crippen LogP contribution is -2.13. The van der Waals surface area contributed by atoms with E-state index in [0.29, 0.717) is 11.4 Å². The van der Waals surface area contributed by atoms with Crippen LogP contribution in [0.4, 0.5) is 4.39 Å². The molecule has 104 valence electrons. The van der Waals surface area contributed by atoms with E-state index in [4.69, 9.17) is 0 Å². The second-order valence-corrected chi connectivity index (χ2v) is 4.32. The van der Waals surface area contributed by atoms with Crippen LogP contribution in [0.3, 0.4) is 0 Å². The molecule has 3 rings (SSSR count). The Morgan fingerprint density at radius 1 is 1.19 bits per heavy atom. The molecule has 2 aromatic heterocycles. The highest BCUT2D eigenvalue weighted by molar-refractivity contribution is 5.95. The zero-order valence-electron chi connectivity index (χ0n) is 10.8. The molecule has 0 radical (unpaired) electrons. The monoisotopic (exact) mass is 283 g/mol. The minimum atomic E-state index is -0.385. The molecule has 1 aromatic carbocycles. The third-order valence-electron chi connectivity index (χ3n) is 2.82. The van der Waals surface area contributed by atoms with Crippen LogP contribution >= 0.6 is 0 Å². The van der Waals surface area contributed by atoms with E-state index in [2.05, 4.69) is 20.4 Å². The van der Waals surface area contributed by atoms with Crippen LogP contribution in [-0.4, -0.2) is 31.0 Å². The molecular weight excluding hydrogens is 273 g/mol. The molecule has 0 atom stereocenters. The molecule has 21 heavy (non-hydrogen) atoms. The highest BCUT2D eigenvalue weighted by atomic mass is 19.1. The van der Waals surface area contributed by atoms with Crippen molar-refractivity contribution in [1.29, 1.82) is 0 Å². The summed E-state index contributed by atoms with van der Waals surface area (Å²) in [4.78, 5) is 17.2. The molecule has 0 N–H and O–H groups in total. The largest absolute Gasteiger partial charge is 0.292 e. The molecule has 0 spiro atoms. The van der Waals surface area contributed by atoms with Crippen LogP contribution in [0, 0.1) is 5.82 Å². The molecule has 2 heterocycles. The van der Waals surface area contributed by atoms with Crippen molar-refractivity contribution < 1.29 is 9.18 Å². The van der Waals surface area contributed by atoms with E-state index in [9.17, 15) is 9.18 Å². The van der Waals surface area contributed by atoms with Gasteiger partial charge >= 0.3 is 0 Å². The first-order valence-corrected chi connectivity index (χ1v) is 6.19. The molecule has 3 aromatic rings. The van der Waals surface area contributed by atoms with Crippen LogP contribution in [0.15, 0.2) is 48.8 Å². The predicted molar refractivity (Wildman–Crippen MR) is 71.8 cm³/mol. The summed E-state index contributed by atoms with van der Waals surface area (Å²) >= 11 is 0. The SMILES string of the molecule is O=C(Cn1nnc(-c2cccnc2)n1)c1ccc(F)cc1. The van der Waals surface area contributed by atoms with Crippen LogP contribution in [0.1, 0.15) is 10.4 Å². The summed E-state index contributed by atoms with van der Waals surface area (Å²) < 4.78 is 12.8. The van der Waals surface area contributed by atoms with Gasteiger partial charge in [-0.3, -0.25) is 9.78 Å². The van der Waals surface area contributed by atoms with Gasteiger partial charge in [0.05, 0.1) is 0 Å². The van der Waals surface area contributed by atoms with Gasteiger partial charge in [-0.1, -0.05) is 0 Å². The number of pyridine rings is 1. The highest BCUT2D eigenvalue weighted by Gasteiger charge is 2.11. The quantitative estimate of drug-likeness (QED) is 0.682. The van der Waals surface area contributed by atoms with E-state index in [1.54, 1.807) is 24.5 Å². The van der Waals surface area contributed by atoms with Crippen molar-refractivity contribution in [3.05, 3.63) is 60.2 Å². The fraction of sp³-hybridized carbons (Fsp3) is 0.0714. The number of carbonyl (C=O) groups is 1. The summed E-state index contributed by atoms with van der Waals surface area (Å²) in [7, 11) is 0. The van der Waals surface area contributed by atoms with Gasteiger partial charge in [0.15, 0.2) is 5.78 Å². The maximum absolute atomic E-state index is 12.8. The van der Waals surface area contributed by atoms with Gasteiger partial charge < -0.3 is 0 Å². The number of halogens is 1. The second-order valence-electron chi connectivity index (χ2n) is 4.32. The Hall–Kier alpha value is -2.96. The first-order chi connectivity index (χ1) is 10.2. The summed E-state index contributed by atoms with van der Waals surface area (Å²) in [6.45, 7) is -0.0567. The Balaban J connectivity index is 1.75. The van der Waals surface area contributed by atoms with Crippen LogP contribution in [0.5, 0.6) is 0 Å². The van der Waals surface area contributed by atoms with Crippen molar-refractivity contribution in [3.8, 4) is 11.4 Å². The summed E-state index contributed by atoms with van der Waals surface area (Å²) in [6, 6.07) is 8.90. The topological polar surface area (TPSA) is 73.6 Å². The van der Waals surface area contributed by atoms with Gasteiger partial charge in [0.1, 0.15) is 12.4 Å². The molecule has 0 aliphatic heterocycles. The van der Waals surface area contributed by atoms with Gasteiger partial charge in [-0.25, -0.2) is 4.39 Å². The number of ketones is 1. The number of benzene rings is 1. The van der Waals surface area contributed by atoms with Crippen molar-refractivity contribution >= 4 is 5.78 Å². The molecule has 0 bridgehead atoms. The van der Waals surface area contributed by atoms with Gasteiger partial charge in [0.2, 0.25) is 5.82 Å². The number of aromatic nitrogens is 5. The van der Waals surface area contributed by atoms with Crippen molar-refractivity contribution in [1.82, 2.24) is 25.2 Å². The van der Waals surface area contributed by atoms with E-state index in [0.717, 1.165) is 5.56 Å². The van der Waals surface area contributed by atoms with Gasteiger partial charge in [-0.15, -0.1) is 10.2 Å². The normalized spacial score (nSPS) is 10.5. The summed E-state index contributed by atoms with van der Waals surface area (Å²) in [6.07, 6.45) is 3.26. The van der Waals surface area contributed by atoms with Crippen LogP contribution < -0.4 is 0 Å². The van der Waals surface area contributed by atoms with Gasteiger partial charge in [-0.05, 0) is 41.6 Å². The van der Waals surface area contributed by atoms with Crippen LogP contribution in [0.25, 0.3) is 11.4 Å². The molecule has 0 saturated carbocycles. The summed E-state index contributed by atoms with van der Waals surface area (Å²) in [5, 5.41) is 11.8. The summed E-state index contributed by atoms with van der Waals surface area (Å²) in [5.41, 5.74) is 1.12. The van der Waals surface area contributed by atoms with Crippen LogP contribution in [0.2, 0.25) is 0 Å². The molecule has 0 saturated heterocycles. The molecule has 7 heteroatoms. The number of hydrogen-bond donors (Lipinski definition) is 0. The van der Waals surface area contributed by atoms with E-state index in [1.165, 1.54) is 29.1 Å². The van der Waals surface area contributed by atoms with Gasteiger partial charge in [0.25, 0.3) is 0 Å². The van der Waals surface area contributed by atoms with E-state index in [1.807, 2.05) is 0 Å². The third-order valence-corrected chi connectivity index (χ3v) is 2.82. The number of Topliss-reactive ketones (excluding diaryl/α,β-unsaturated/α-hetero) is 1. The van der Waals surface area contributed by atoms with Crippen molar-refractivity contribution in [2.24, 2.45) is 0 Å². The average Bonchev–Trinajstić information content (AvgIpc) is 2.97. The first kappa shape index (κ1) is 13.0. The van der Waals surface area contributed by atoms with E-state index in [-0.39, 0.29) is 18.1 Å². The third kappa shape index (κ3) is 2.97. The number of carbonyl (C=O) groups excluding carboxylic acids is 1. The molecule has 6 nitrogen and oxygen atoms in total. The lowest BCUT2D eigenvalue weighted by atomic mass is 10.1. The molecule has 0 fully saturated rings. The van der Waals surface area contributed by atoms with Gasteiger partial charge in [-0.2, -0.15) is 4.80 Å². The van der Waals surface area contributed by atoms with Crippen molar-refractivity contribution in [2.45, 2.75) is 6.54 Å². The molecule has 0 amide bonds. The Morgan fingerprint density at radius 2 is 2.00 bits per heavy atom. The summed E-state index contributed by atoms with van der Waals surface area (Å²) in [5.74, 6) is -0.204. The maximum Gasteiger partial charge on any atom is 0.206 e. The smallest absolute Gasteiger partial charge is 0.206 e. The van der Waals surface area contributed by atoms with Crippen molar-refractivity contribution in [3.63, 3.8) is 0 Å². The second kappa shape index (κ2) is 5.58. The first-order valence-electron chi connectivity index (χ1n) is 6.19. The van der Waals surface area contributed by atoms with Crippen LogP contribution in [-0.2, 0) is 6.54 Å². The Bertz CT molecular complexity index is 755. The zero-order valence-corrected chi connectivity index (χ0v) is 10.8. The fourth-order valence-electron chi connectivity index (χ4n) is 1.78. The number of nitrogens with zero attached hydrogens (tertiary/aromatic N) is 5. The Labute approximate surface area is 119 Å². The zero-order chi connectivity index (χ0) is 14.7. The Morgan fingerprint density at radius 3 is 2.71 bits per heavy atom. The standard InChI is InChI=1S/C14H10FN5O/c15-12-5-3-10(4-6-12)13(21)9-20-18-14(17-19-20)11-2-1-7-16-8-11/h1-8H,9H2. The average molecular weight is 283 g/mol. The lowest BCUT2D eigenvalue weighted by molar-refractivity contribution is 0.0961. The minimum Gasteiger partial charge on any atom is -0.292 e. The predicted octanol–water partition coefficient (Wildman–Crippen LogP) is 1.76. The fourth-order valence-corrected chi connectivity index (χ4v) is 1.78. The maximum atomic E-state index is 12.8. The van der Waals surface area contributed by atoms with Crippen molar-refractivity contribution in [2.75, 3.05) is 0 Å². The molecular formula is C14H10FN5O. The molecule has 0 unspecified atom stereocenters. The number of rotatable bonds is 4. The lowest BCUT2D eigenvalue weighted by Gasteiger charge is -1.99. The number of hydrogen-bond acceptors (Lipinski definition) is 5. The molecule has 0 aliphatic rings. The minimum absolute atomic E-state index is 0.0567. The highest BCUT2D eigenvalue weighted by Crippen LogP contribution is 2.11. The molecule has 0 aliphatic carbocycles. The number of tetrazole rings is 1. The van der Waals surface area contributed by atoms with E-state index >= 15 is 0 Å². The van der Waals surface area contributed by atoms with Gasteiger partial charge in [0, 0.05) is 23.5 Å². The Kier molecular flexibility index (Phi) is 3.46. The van der Waals surface area contributed by atoms with E-state index < -0.39 is 0 Å².